The first kappa shape index (κ1) is 16.6. The standard InChI is InChI=1S/C15H11ClFN3O3S/c16-12-3-5-13(6-4-12)24(21,22)19-8-11-2-1-10(7-14(11)17)15-18-9-23-20-15/h1-7,9,19H,8H2. The highest BCUT2D eigenvalue weighted by Gasteiger charge is 2.15. The van der Waals surface area contributed by atoms with E-state index >= 15 is 0 Å². The van der Waals surface area contributed by atoms with Crippen LogP contribution in [0.4, 0.5) is 4.39 Å². The topological polar surface area (TPSA) is 85.1 Å². The second-order valence-corrected chi connectivity index (χ2v) is 7.04. The predicted molar refractivity (Wildman–Crippen MR) is 85.2 cm³/mol. The van der Waals surface area contributed by atoms with Gasteiger partial charge in [-0.25, -0.2) is 17.5 Å². The Kier molecular flexibility index (Phi) is 4.61. The summed E-state index contributed by atoms with van der Waals surface area (Å²) in [7, 11) is -3.76. The van der Waals surface area contributed by atoms with Crippen LogP contribution >= 0.6 is 11.6 Å². The zero-order chi connectivity index (χ0) is 17.2. The van der Waals surface area contributed by atoms with Crippen LogP contribution in [0.15, 0.2) is 58.3 Å². The van der Waals surface area contributed by atoms with Crippen molar-refractivity contribution in [2.24, 2.45) is 0 Å². The van der Waals surface area contributed by atoms with E-state index in [0.29, 0.717) is 10.6 Å². The first-order valence-electron chi connectivity index (χ1n) is 6.76. The quantitative estimate of drug-likeness (QED) is 0.749. The van der Waals surface area contributed by atoms with Crippen LogP contribution < -0.4 is 4.72 Å². The van der Waals surface area contributed by atoms with Gasteiger partial charge in [-0.05, 0) is 30.3 Å². The van der Waals surface area contributed by atoms with E-state index in [1.807, 2.05) is 0 Å². The molecule has 0 aliphatic carbocycles. The molecule has 0 aliphatic heterocycles. The highest BCUT2D eigenvalue weighted by molar-refractivity contribution is 7.89. The van der Waals surface area contributed by atoms with Crippen molar-refractivity contribution < 1.29 is 17.3 Å². The molecule has 9 heteroatoms. The van der Waals surface area contributed by atoms with Crippen molar-refractivity contribution in [1.29, 1.82) is 0 Å². The number of hydrogen-bond acceptors (Lipinski definition) is 5. The van der Waals surface area contributed by atoms with Gasteiger partial charge in [-0.1, -0.05) is 28.9 Å². The number of benzene rings is 2. The summed E-state index contributed by atoms with van der Waals surface area (Å²) in [5.41, 5.74) is 0.630. The summed E-state index contributed by atoms with van der Waals surface area (Å²) in [5, 5.41) is 4.04. The van der Waals surface area contributed by atoms with Gasteiger partial charge >= 0.3 is 0 Å². The van der Waals surface area contributed by atoms with Crippen LogP contribution in [0.2, 0.25) is 5.02 Å². The van der Waals surface area contributed by atoms with Gasteiger partial charge in [0.15, 0.2) is 0 Å². The van der Waals surface area contributed by atoms with E-state index in [0.717, 1.165) is 6.39 Å². The molecule has 1 N–H and O–H groups in total. The number of sulfonamides is 1. The van der Waals surface area contributed by atoms with E-state index in [1.54, 1.807) is 6.07 Å². The average molecular weight is 368 g/mol. The van der Waals surface area contributed by atoms with Crippen LogP contribution in [0.1, 0.15) is 5.56 Å². The molecule has 0 saturated heterocycles. The van der Waals surface area contributed by atoms with Gasteiger partial charge in [0, 0.05) is 22.7 Å². The van der Waals surface area contributed by atoms with Crippen molar-refractivity contribution in [2.75, 3.05) is 0 Å². The van der Waals surface area contributed by atoms with Crippen LogP contribution in [0.5, 0.6) is 0 Å². The molecule has 1 heterocycles. The average Bonchev–Trinajstić information content (AvgIpc) is 3.08. The fourth-order valence-corrected chi connectivity index (χ4v) is 3.13. The Morgan fingerprint density at radius 1 is 1.17 bits per heavy atom. The Morgan fingerprint density at radius 2 is 1.92 bits per heavy atom. The van der Waals surface area contributed by atoms with Gasteiger partial charge in [0.05, 0.1) is 4.90 Å². The minimum atomic E-state index is -3.76. The van der Waals surface area contributed by atoms with Crippen molar-refractivity contribution in [2.45, 2.75) is 11.4 Å². The second kappa shape index (κ2) is 6.68. The molecule has 1 aromatic heterocycles. The highest BCUT2D eigenvalue weighted by Crippen LogP contribution is 2.19. The molecule has 0 saturated carbocycles. The molecule has 2 aromatic carbocycles. The van der Waals surface area contributed by atoms with Crippen molar-refractivity contribution in [3.8, 4) is 11.4 Å². The summed E-state index contributed by atoms with van der Waals surface area (Å²) >= 11 is 5.73. The fourth-order valence-electron chi connectivity index (χ4n) is 2.00. The molecule has 3 aromatic rings. The number of halogens is 2. The van der Waals surface area contributed by atoms with Crippen molar-refractivity contribution in [1.82, 2.24) is 14.9 Å². The van der Waals surface area contributed by atoms with Crippen LogP contribution in [0.25, 0.3) is 11.4 Å². The zero-order valence-corrected chi connectivity index (χ0v) is 13.7. The smallest absolute Gasteiger partial charge is 0.240 e. The molecular weight excluding hydrogens is 357 g/mol. The minimum Gasteiger partial charge on any atom is -0.342 e. The van der Waals surface area contributed by atoms with Crippen LogP contribution in [0.3, 0.4) is 0 Å². The lowest BCUT2D eigenvalue weighted by Gasteiger charge is -2.08. The molecule has 0 fully saturated rings. The Morgan fingerprint density at radius 3 is 2.54 bits per heavy atom. The SMILES string of the molecule is O=S(=O)(NCc1ccc(-c2ncon2)cc1F)c1ccc(Cl)cc1. The lowest BCUT2D eigenvalue weighted by Crippen LogP contribution is -2.23. The third-order valence-electron chi connectivity index (χ3n) is 3.25. The third kappa shape index (κ3) is 3.61. The maximum absolute atomic E-state index is 14.1. The van der Waals surface area contributed by atoms with E-state index in [2.05, 4.69) is 19.4 Å². The molecule has 0 radical (unpaired) electrons. The Hall–Kier alpha value is -2.29. The maximum Gasteiger partial charge on any atom is 0.240 e. The Bertz CT molecular complexity index is 945. The molecule has 0 spiro atoms. The maximum atomic E-state index is 14.1. The van der Waals surface area contributed by atoms with E-state index < -0.39 is 15.8 Å². The number of aromatic nitrogens is 2. The molecule has 0 amide bonds. The molecule has 0 atom stereocenters. The molecule has 24 heavy (non-hydrogen) atoms. The lowest BCUT2D eigenvalue weighted by atomic mass is 10.1. The van der Waals surface area contributed by atoms with E-state index in [-0.39, 0.29) is 22.8 Å². The molecular formula is C15H11ClFN3O3S. The van der Waals surface area contributed by atoms with Crippen molar-refractivity contribution in [3.63, 3.8) is 0 Å². The number of nitrogens with zero attached hydrogens (tertiary/aromatic N) is 2. The monoisotopic (exact) mass is 367 g/mol. The number of rotatable bonds is 5. The molecule has 124 valence electrons. The highest BCUT2D eigenvalue weighted by atomic mass is 35.5. The van der Waals surface area contributed by atoms with Gasteiger partial charge in [-0.2, -0.15) is 4.98 Å². The van der Waals surface area contributed by atoms with Crippen LogP contribution in [0, 0.1) is 5.82 Å². The second-order valence-electron chi connectivity index (χ2n) is 4.84. The first-order chi connectivity index (χ1) is 11.5. The summed E-state index contributed by atoms with van der Waals surface area (Å²) < 4.78 is 45.4. The molecule has 3 rings (SSSR count). The fraction of sp³-hybridized carbons (Fsp3) is 0.0667. The Labute approximate surface area is 142 Å². The summed E-state index contributed by atoms with van der Waals surface area (Å²) in [6.07, 6.45) is 1.14. The first-order valence-corrected chi connectivity index (χ1v) is 8.62. The molecule has 0 unspecified atom stereocenters. The van der Waals surface area contributed by atoms with Gasteiger partial charge in [0.2, 0.25) is 22.2 Å². The third-order valence-corrected chi connectivity index (χ3v) is 4.92. The molecule has 0 bridgehead atoms. The van der Waals surface area contributed by atoms with Gasteiger partial charge < -0.3 is 4.52 Å². The minimum absolute atomic E-state index is 0.0516. The molecule has 0 aliphatic rings. The summed E-state index contributed by atoms with van der Waals surface area (Å²) in [5.74, 6) is -0.321. The molecule has 6 nitrogen and oxygen atoms in total. The van der Waals surface area contributed by atoms with E-state index in [1.165, 1.54) is 36.4 Å². The zero-order valence-electron chi connectivity index (χ0n) is 12.1. The van der Waals surface area contributed by atoms with Gasteiger partial charge in [0.1, 0.15) is 5.82 Å². The van der Waals surface area contributed by atoms with Gasteiger partial charge in [-0.15, -0.1) is 0 Å². The van der Waals surface area contributed by atoms with Crippen LogP contribution in [-0.2, 0) is 16.6 Å². The van der Waals surface area contributed by atoms with Gasteiger partial charge in [0.25, 0.3) is 0 Å². The largest absolute Gasteiger partial charge is 0.342 e. The van der Waals surface area contributed by atoms with Crippen molar-refractivity contribution in [3.05, 3.63) is 65.3 Å². The number of nitrogens with one attached hydrogen (secondary N) is 1. The van der Waals surface area contributed by atoms with E-state index in [4.69, 9.17) is 11.6 Å². The summed E-state index contributed by atoms with van der Waals surface area (Å²) in [6.45, 7) is -0.191. The summed E-state index contributed by atoms with van der Waals surface area (Å²) in [6, 6.07) is 9.95. The normalized spacial score (nSPS) is 11.6. The number of hydrogen-bond donors (Lipinski definition) is 1. The van der Waals surface area contributed by atoms with Crippen LogP contribution in [-0.4, -0.2) is 18.6 Å². The predicted octanol–water partition coefficient (Wildman–Crippen LogP) is 3.01. The Balaban J connectivity index is 1.76. The van der Waals surface area contributed by atoms with Gasteiger partial charge in [-0.3, -0.25) is 0 Å². The van der Waals surface area contributed by atoms with Crippen molar-refractivity contribution >= 4 is 21.6 Å². The summed E-state index contributed by atoms with van der Waals surface area (Å²) in [4.78, 5) is 3.87. The lowest BCUT2D eigenvalue weighted by molar-refractivity contribution is 0.418. The van der Waals surface area contributed by atoms with E-state index in [9.17, 15) is 12.8 Å².